The molecule has 0 N–H and O–H groups in total. The minimum atomic E-state index is -0.652. The first-order chi connectivity index (χ1) is 5.98. The number of hydrogen-bond donors (Lipinski definition) is 0. The second-order valence-electron chi connectivity index (χ2n) is 3.29. The van der Waals surface area contributed by atoms with Gasteiger partial charge in [-0.2, -0.15) is 0 Å². The van der Waals surface area contributed by atoms with Crippen molar-refractivity contribution in [2.75, 3.05) is 7.11 Å². The molecule has 0 saturated heterocycles. The summed E-state index contributed by atoms with van der Waals surface area (Å²) in [6.45, 7) is 3.62. The molecule has 0 radical (unpaired) electrons. The molecule has 0 aliphatic heterocycles. The Morgan fingerprint density at radius 2 is 2.31 bits per heavy atom. The molecule has 1 heterocycles. The van der Waals surface area contributed by atoms with E-state index in [1.54, 1.807) is 0 Å². The zero-order chi connectivity index (χ0) is 10.1. The van der Waals surface area contributed by atoms with Crippen molar-refractivity contribution in [3.05, 3.63) is 16.6 Å². The molecule has 0 aromatic carbocycles. The number of hydrogen-bond acceptors (Lipinski definition) is 2. The van der Waals surface area contributed by atoms with E-state index in [2.05, 4.69) is 15.9 Å². The summed E-state index contributed by atoms with van der Waals surface area (Å²) in [6, 6.07) is 0. The van der Waals surface area contributed by atoms with Crippen LogP contribution in [0.5, 0.6) is 0 Å². The SMILES string of the molecule is COC(=O)C(C)(C)n1bcc(Br)c1. The van der Waals surface area contributed by atoms with Gasteiger partial charge in [0.1, 0.15) is 0 Å². The molecule has 13 heavy (non-hydrogen) atoms. The van der Waals surface area contributed by atoms with E-state index in [9.17, 15) is 4.79 Å². The van der Waals surface area contributed by atoms with Gasteiger partial charge in [-0.25, -0.2) is 0 Å². The number of carbonyl (C=O) groups is 1. The van der Waals surface area contributed by atoms with Crippen molar-refractivity contribution in [2.24, 2.45) is 0 Å². The Balaban J connectivity index is 2.99. The van der Waals surface area contributed by atoms with Gasteiger partial charge in [0.05, 0.1) is 0 Å². The van der Waals surface area contributed by atoms with Crippen LogP contribution < -0.4 is 0 Å². The molecule has 5 heteroatoms. The molecule has 1 rings (SSSR count). The van der Waals surface area contributed by atoms with Gasteiger partial charge in [0.25, 0.3) is 0 Å². The van der Waals surface area contributed by atoms with Crippen molar-refractivity contribution in [1.29, 1.82) is 0 Å². The van der Waals surface area contributed by atoms with Crippen LogP contribution in [0.3, 0.4) is 0 Å². The van der Waals surface area contributed by atoms with E-state index in [0.29, 0.717) is 0 Å². The van der Waals surface area contributed by atoms with Crippen LogP contribution in [-0.4, -0.2) is 24.6 Å². The Labute approximate surface area is 86.4 Å². The molecule has 0 atom stereocenters. The fraction of sp³-hybridized carbons (Fsp3) is 0.500. The molecule has 0 spiro atoms. The van der Waals surface area contributed by atoms with Gasteiger partial charge in [0.15, 0.2) is 0 Å². The molecule has 0 bridgehead atoms. The molecular weight excluding hydrogens is 233 g/mol. The van der Waals surface area contributed by atoms with E-state index in [4.69, 9.17) is 4.74 Å². The number of halogens is 1. The first-order valence-corrected chi connectivity index (χ1v) is 4.70. The van der Waals surface area contributed by atoms with Gasteiger partial charge in [-0.15, -0.1) is 0 Å². The summed E-state index contributed by atoms with van der Waals surface area (Å²) in [4.78, 5) is 11.4. The summed E-state index contributed by atoms with van der Waals surface area (Å²) >= 11 is 3.32. The third-order valence-electron chi connectivity index (χ3n) is 1.99. The van der Waals surface area contributed by atoms with Gasteiger partial charge in [0, 0.05) is 0 Å². The molecule has 0 saturated carbocycles. The second-order valence-corrected chi connectivity index (χ2v) is 4.20. The quantitative estimate of drug-likeness (QED) is 0.738. The Bertz CT molecular complexity index is 322. The standard InChI is InChI=1S/C8H11BBrNO2/c1-8(2,7(12)13-3)11-5-6(10)4-9-11/h4-5H,1-3H3. The number of carbonyl (C=O) groups excluding carboxylic acids is 1. The Kier molecular flexibility index (Phi) is 2.96. The molecule has 0 aliphatic carbocycles. The van der Waals surface area contributed by atoms with E-state index < -0.39 is 5.54 Å². The maximum atomic E-state index is 11.4. The number of nitrogens with zero attached hydrogens (tertiary/aromatic N) is 1. The molecule has 70 valence electrons. The minimum absolute atomic E-state index is 0.254. The van der Waals surface area contributed by atoms with Crippen LogP contribution in [0.1, 0.15) is 13.8 Å². The maximum absolute atomic E-state index is 11.4. The molecule has 0 fully saturated rings. The normalized spacial score (nSPS) is 11.1. The van der Waals surface area contributed by atoms with E-state index in [-0.39, 0.29) is 5.97 Å². The van der Waals surface area contributed by atoms with Crippen LogP contribution in [0.2, 0.25) is 0 Å². The first kappa shape index (κ1) is 10.5. The van der Waals surface area contributed by atoms with Crippen molar-refractivity contribution >= 4 is 29.0 Å². The summed E-state index contributed by atoms with van der Waals surface area (Å²) in [5.74, 6) is 1.63. The van der Waals surface area contributed by atoms with Crippen molar-refractivity contribution in [1.82, 2.24) is 4.47 Å². The van der Waals surface area contributed by atoms with Gasteiger partial charge < -0.3 is 0 Å². The summed E-state index contributed by atoms with van der Waals surface area (Å²) < 4.78 is 7.46. The van der Waals surface area contributed by atoms with Gasteiger partial charge >= 0.3 is 86.1 Å². The number of methoxy groups -OCH3 is 1. The molecular formula is C8H11BBrNO2. The van der Waals surface area contributed by atoms with Crippen molar-refractivity contribution in [3.63, 3.8) is 0 Å². The van der Waals surface area contributed by atoms with Crippen molar-refractivity contribution in [3.8, 4) is 0 Å². The third-order valence-corrected chi connectivity index (χ3v) is 2.46. The molecule has 0 unspecified atom stereocenters. The molecule has 0 amide bonds. The summed E-state index contributed by atoms with van der Waals surface area (Å²) in [5.41, 5.74) is -0.652. The van der Waals surface area contributed by atoms with Gasteiger partial charge in [-0.1, -0.05) is 0 Å². The molecule has 1 aromatic heterocycles. The number of aromatic nitrogens is 1. The average Bonchev–Trinajstić information content (AvgIpc) is 2.50. The summed E-state index contributed by atoms with van der Waals surface area (Å²) in [5, 5.41) is 0. The molecule has 3 nitrogen and oxygen atoms in total. The summed E-state index contributed by atoms with van der Waals surface area (Å²) in [6.07, 6.45) is 1.84. The fourth-order valence-electron chi connectivity index (χ4n) is 1.07. The topological polar surface area (TPSA) is 31.2 Å². The monoisotopic (exact) mass is 243 g/mol. The molecule has 1 aromatic rings. The zero-order valence-electron chi connectivity index (χ0n) is 7.87. The van der Waals surface area contributed by atoms with E-state index in [1.165, 1.54) is 7.11 Å². The van der Waals surface area contributed by atoms with Crippen LogP contribution >= 0.6 is 15.9 Å². The van der Waals surface area contributed by atoms with Gasteiger partial charge in [-0.3, -0.25) is 0 Å². The average molecular weight is 244 g/mol. The Hall–Kier alpha value is -0.575. The third kappa shape index (κ3) is 2.02. The summed E-state index contributed by atoms with van der Waals surface area (Å²) in [7, 11) is 3.23. The van der Waals surface area contributed by atoms with Gasteiger partial charge in [-0.05, 0) is 0 Å². The van der Waals surface area contributed by atoms with Crippen LogP contribution in [0.15, 0.2) is 16.6 Å². The first-order valence-electron chi connectivity index (χ1n) is 3.91. The predicted molar refractivity (Wildman–Crippen MR) is 54.8 cm³/mol. The molecule has 0 aliphatic rings. The van der Waals surface area contributed by atoms with Crippen LogP contribution in [0.25, 0.3) is 0 Å². The van der Waals surface area contributed by atoms with Crippen LogP contribution in [-0.2, 0) is 15.1 Å². The predicted octanol–water partition coefficient (Wildman–Crippen LogP) is 1.50. The van der Waals surface area contributed by atoms with Crippen molar-refractivity contribution in [2.45, 2.75) is 19.4 Å². The van der Waals surface area contributed by atoms with Crippen molar-refractivity contribution < 1.29 is 9.53 Å². The van der Waals surface area contributed by atoms with Gasteiger partial charge in [0.2, 0.25) is 0 Å². The zero-order valence-corrected chi connectivity index (χ0v) is 9.46. The van der Waals surface area contributed by atoms with E-state index in [1.807, 2.05) is 37.5 Å². The van der Waals surface area contributed by atoms with Crippen LogP contribution in [0, 0.1) is 0 Å². The van der Waals surface area contributed by atoms with Crippen LogP contribution in [0.4, 0.5) is 0 Å². The number of esters is 1. The number of rotatable bonds is 2. The fourth-order valence-corrected chi connectivity index (χ4v) is 1.41. The number of ether oxygens (including phenoxy) is 1. The van der Waals surface area contributed by atoms with E-state index in [0.717, 1.165) is 4.47 Å². The Morgan fingerprint density at radius 1 is 1.69 bits per heavy atom. The Morgan fingerprint density at radius 3 is 2.69 bits per heavy atom. The second kappa shape index (κ2) is 3.66. The van der Waals surface area contributed by atoms with E-state index >= 15 is 0 Å².